The second-order valence-corrected chi connectivity index (χ2v) is 4.02. The fraction of sp³-hybridized carbons (Fsp3) is 0.154. The third kappa shape index (κ3) is 1.90. The predicted molar refractivity (Wildman–Crippen MR) is 68.1 cm³/mol. The molecule has 0 atom stereocenters. The number of nitrogens with one attached hydrogen (secondary N) is 1. The maximum atomic E-state index is 12.0. The van der Waals surface area contributed by atoms with Crippen LogP contribution in [0.4, 0.5) is 4.79 Å². The molecule has 1 aromatic rings. The Balaban J connectivity index is 2.44. The van der Waals surface area contributed by atoms with Crippen LogP contribution in [0.15, 0.2) is 35.9 Å². The van der Waals surface area contributed by atoms with E-state index in [9.17, 15) is 9.59 Å². The highest BCUT2D eigenvalue weighted by Gasteiger charge is 2.35. The minimum absolute atomic E-state index is 0.0769. The van der Waals surface area contributed by atoms with Gasteiger partial charge in [0.25, 0.3) is 5.91 Å². The summed E-state index contributed by atoms with van der Waals surface area (Å²) in [4.78, 5) is 25.7. The number of hydrogen-bond acceptors (Lipinski definition) is 3. The topological polar surface area (TPSA) is 64.5 Å². The number of rotatable bonds is 1. The summed E-state index contributed by atoms with van der Waals surface area (Å²) in [5.41, 5.74) is 1.03. The SMILES string of the molecule is CN1C(=N)/C(=C\c2ccccc2)C(=O)N(C)C1=O. The van der Waals surface area contributed by atoms with Gasteiger partial charge in [-0.25, -0.2) is 4.79 Å². The van der Waals surface area contributed by atoms with Gasteiger partial charge in [0.15, 0.2) is 0 Å². The highest BCUT2D eigenvalue weighted by atomic mass is 16.2. The van der Waals surface area contributed by atoms with E-state index in [0.29, 0.717) is 0 Å². The van der Waals surface area contributed by atoms with E-state index in [1.807, 2.05) is 30.3 Å². The Labute approximate surface area is 105 Å². The Kier molecular flexibility index (Phi) is 2.97. The molecule has 5 heteroatoms. The lowest BCUT2D eigenvalue weighted by Gasteiger charge is -2.31. The van der Waals surface area contributed by atoms with Crippen molar-refractivity contribution in [1.29, 1.82) is 5.41 Å². The summed E-state index contributed by atoms with van der Waals surface area (Å²) < 4.78 is 0. The van der Waals surface area contributed by atoms with Crippen LogP contribution in [0, 0.1) is 5.41 Å². The quantitative estimate of drug-likeness (QED) is 0.761. The van der Waals surface area contributed by atoms with Crippen LogP contribution in [0.25, 0.3) is 6.08 Å². The zero-order valence-corrected chi connectivity index (χ0v) is 10.2. The first kappa shape index (κ1) is 12.0. The van der Waals surface area contributed by atoms with Gasteiger partial charge < -0.3 is 0 Å². The van der Waals surface area contributed by atoms with Gasteiger partial charge in [0, 0.05) is 14.1 Å². The maximum Gasteiger partial charge on any atom is 0.332 e. The van der Waals surface area contributed by atoms with E-state index in [-0.39, 0.29) is 11.4 Å². The molecular weight excluding hydrogens is 230 g/mol. The number of benzene rings is 1. The van der Waals surface area contributed by atoms with Crippen LogP contribution in [0.3, 0.4) is 0 Å². The van der Waals surface area contributed by atoms with Gasteiger partial charge in [-0.1, -0.05) is 30.3 Å². The molecule has 0 spiro atoms. The summed E-state index contributed by atoms with van der Waals surface area (Å²) in [7, 11) is 2.89. The summed E-state index contributed by atoms with van der Waals surface area (Å²) >= 11 is 0. The van der Waals surface area contributed by atoms with E-state index in [0.717, 1.165) is 15.4 Å². The number of nitrogens with zero attached hydrogens (tertiary/aromatic N) is 2. The third-order valence-corrected chi connectivity index (χ3v) is 2.81. The molecule has 3 amide bonds. The van der Waals surface area contributed by atoms with E-state index in [4.69, 9.17) is 5.41 Å². The van der Waals surface area contributed by atoms with E-state index in [1.54, 1.807) is 6.08 Å². The zero-order valence-electron chi connectivity index (χ0n) is 10.2. The largest absolute Gasteiger partial charge is 0.332 e. The summed E-state index contributed by atoms with van der Waals surface area (Å²) in [6.45, 7) is 0. The van der Waals surface area contributed by atoms with Crippen LogP contribution in [0.2, 0.25) is 0 Å². The van der Waals surface area contributed by atoms with Crippen LogP contribution >= 0.6 is 0 Å². The monoisotopic (exact) mass is 243 g/mol. The van der Waals surface area contributed by atoms with Crippen LogP contribution in [-0.4, -0.2) is 41.7 Å². The number of hydrogen-bond donors (Lipinski definition) is 1. The van der Waals surface area contributed by atoms with Gasteiger partial charge in [-0.2, -0.15) is 0 Å². The van der Waals surface area contributed by atoms with Crippen molar-refractivity contribution in [3.63, 3.8) is 0 Å². The number of carbonyl (C=O) groups is 2. The molecule has 0 bridgehead atoms. The van der Waals surface area contributed by atoms with Crippen molar-refractivity contribution < 1.29 is 9.59 Å². The molecular formula is C13H13N3O2. The molecule has 18 heavy (non-hydrogen) atoms. The Hall–Kier alpha value is -2.43. The number of imide groups is 1. The molecule has 1 N–H and O–H groups in total. The highest BCUT2D eigenvalue weighted by molar-refractivity contribution is 6.31. The minimum Gasteiger partial charge on any atom is -0.284 e. The van der Waals surface area contributed by atoms with Crippen LogP contribution in [0.1, 0.15) is 5.56 Å². The van der Waals surface area contributed by atoms with Crippen molar-refractivity contribution >= 4 is 23.8 Å². The fourth-order valence-electron chi connectivity index (χ4n) is 1.72. The molecule has 1 aliphatic heterocycles. The van der Waals surface area contributed by atoms with Crippen LogP contribution in [-0.2, 0) is 4.79 Å². The number of amides is 3. The van der Waals surface area contributed by atoms with Crippen molar-refractivity contribution in [2.75, 3.05) is 14.1 Å². The van der Waals surface area contributed by atoms with E-state index in [1.165, 1.54) is 14.1 Å². The highest BCUT2D eigenvalue weighted by Crippen LogP contribution is 2.17. The molecule has 1 saturated heterocycles. The Morgan fingerprint density at radius 2 is 1.67 bits per heavy atom. The summed E-state index contributed by atoms with van der Waals surface area (Å²) in [5.74, 6) is -0.529. The first-order chi connectivity index (χ1) is 8.52. The van der Waals surface area contributed by atoms with Gasteiger partial charge in [-0.15, -0.1) is 0 Å². The number of likely N-dealkylation sites (N-methyl/N-ethyl adjacent to an activating group) is 2. The molecule has 2 rings (SSSR count). The average Bonchev–Trinajstić information content (AvgIpc) is 2.40. The predicted octanol–water partition coefficient (Wildman–Crippen LogP) is 1.57. The summed E-state index contributed by atoms with van der Waals surface area (Å²) in [6.07, 6.45) is 1.62. The summed E-state index contributed by atoms with van der Waals surface area (Å²) in [6, 6.07) is 8.76. The molecule has 1 heterocycles. The normalized spacial score (nSPS) is 18.8. The van der Waals surface area contributed by atoms with E-state index in [2.05, 4.69) is 0 Å². The van der Waals surface area contributed by atoms with Gasteiger partial charge >= 0.3 is 6.03 Å². The molecule has 0 radical (unpaired) electrons. The van der Waals surface area contributed by atoms with Gasteiger partial charge in [-0.05, 0) is 11.6 Å². The van der Waals surface area contributed by atoms with E-state index < -0.39 is 11.9 Å². The molecule has 0 unspecified atom stereocenters. The second kappa shape index (κ2) is 4.44. The molecule has 1 aromatic carbocycles. The van der Waals surface area contributed by atoms with Crippen molar-refractivity contribution in [2.45, 2.75) is 0 Å². The van der Waals surface area contributed by atoms with Crippen molar-refractivity contribution in [3.8, 4) is 0 Å². The van der Waals surface area contributed by atoms with Crippen molar-refractivity contribution in [2.24, 2.45) is 0 Å². The lowest BCUT2D eigenvalue weighted by Crippen LogP contribution is -2.52. The smallest absolute Gasteiger partial charge is 0.284 e. The lowest BCUT2D eigenvalue weighted by atomic mass is 10.1. The van der Waals surface area contributed by atoms with Crippen LogP contribution < -0.4 is 0 Å². The Bertz CT molecular complexity index is 523. The molecule has 0 aliphatic carbocycles. The van der Waals surface area contributed by atoms with Gasteiger partial charge in [0.05, 0.1) is 5.57 Å². The third-order valence-electron chi connectivity index (χ3n) is 2.81. The lowest BCUT2D eigenvalue weighted by molar-refractivity contribution is -0.123. The molecule has 5 nitrogen and oxygen atoms in total. The maximum absolute atomic E-state index is 12.0. The average molecular weight is 243 g/mol. The number of urea groups is 1. The molecule has 1 aliphatic rings. The zero-order chi connectivity index (χ0) is 13.3. The molecule has 0 saturated carbocycles. The number of amidine groups is 1. The summed E-state index contributed by atoms with van der Waals surface area (Å²) in [5, 5.41) is 7.84. The van der Waals surface area contributed by atoms with E-state index >= 15 is 0 Å². The Morgan fingerprint density at radius 3 is 2.28 bits per heavy atom. The fourth-order valence-corrected chi connectivity index (χ4v) is 1.72. The van der Waals surface area contributed by atoms with Gasteiger partial charge in [0.1, 0.15) is 5.84 Å². The minimum atomic E-state index is -0.491. The molecule has 0 aromatic heterocycles. The molecule has 1 fully saturated rings. The van der Waals surface area contributed by atoms with Gasteiger partial charge in [-0.3, -0.25) is 20.0 Å². The first-order valence-corrected chi connectivity index (χ1v) is 5.44. The Morgan fingerprint density at radius 1 is 1.06 bits per heavy atom. The standard InChI is InChI=1S/C13H13N3O2/c1-15-11(14)10(12(17)16(2)13(15)18)8-9-6-4-3-5-7-9/h3-8,14H,1-2H3/b10-8+,14-11?. The second-order valence-electron chi connectivity index (χ2n) is 4.02. The number of carbonyl (C=O) groups excluding carboxylic acids is 2. The molecule has 92 valence electrons. The first-order valence-electron chi connectivity index (χ1n) is 5.44. The van der Waals surface area contributed by atoms with Crippen molar-refractivity contribution in [1.82, 2.24) is 9.80 Å². The van der Waals surface area contributed by atoms with Crippen molar-refractivity contribution in [3.05, 3.63) is 41.5 Å². The van der Waals surface area contributed by atoms with Crippen LogP contribution in [0.5, 0.6) is 0 Å². The van der Waals surface area contributed by atoms with Gasteiger partial charge in [0.2, 0.25) is 0 Å².